The van der Waals surface area contributed by atoms with Gasteiger partial charge < -0.3 is 10.2 Å². The largest absolute Gasteiger partial charge is 0.396 e. The molecule has 0 bridgehead atoms. The summed E-state index contributed by atoms with van der Waals surface area (Å²) in [5.74, 6) is 2.50. The molecule has 1 aliphatic rings. The van der Waals surface area contributed by atoms with Gasteiger partial charge in [0.05, 0.1) is 6.10 Å². The molecule has 2 N–H and O–H groups in total. The minimum absolute atomic E-state index is 0.0149. The smallest absolute Gasteiger partial charge is 0.0727 e. The second-order valence-corrected chi connectivity index (χ2v) is 2.78. The second-order valence-electron chi connectivity index (χ2n) is 2.78. The number of aliphatic hydroxyl groups is 2. The van der Waals surface area contributed by atoms with Crippen LogP contribution in [0.5, 0.6) is 0 Å². The second kappa shape index (κ2) is 3.05. The Morgan fingerprint density at radius 2 is 2.20 bits per heavy atom. The maximum atomic E-state index is 9.35. The fraction of sp³-hybridized carbons (Fsp3) is 0.750. The SMILES string of the molecule is C#CC1CCC(CO)C1O. The molecule has 1 aliphatic carbocycles. The third-order valence-corrected chi connectivity index (χ3v) is 2.19. The van der Waals surface area contributed by atoms with Gasteiger partial charge in [-0.15, -0.1) is 12.3 Å². The molecule has 2 nitrogen and oxygen atoms in total. The summed E-state index contributed by atoms with van der Waals surface area (Å²) in [6.07, 6.45) is 6.38. The van der Waals surface area contributed by atoms with Crippen LogP contribution in [0.15, 0.2) is 0 Å². The van der Waals surface area contributed by atoms with Gasteiger partial charge >= 0.3 is 0 Å². The van der Waals surface area contributed by atoms with Crippen LogP contribution in [0, 0.1) is 24.2 Å². The first-order chi connectivity index (χ1) is 4.79. The summed E-state index contributed by atoms with van der Waals surface area (Å²) in [5.41, 5.74) is 0. The molecule has 0 aromatic rings. The lowest BCUT2D eigenvalue weighted by molar-refractivity contribution is 0.0753. The summed E-state index contributed by atoms with van der Waals surface area (Å²) in [6, 6.07) is 0. The van der Waals surface area contributed by atoms with E-state index in [1.54, 1.807) is 0 Å². The Morgan fingerprint density at radius 3 is 2.50 bits per heavy atom. The van der Waals surface area contributed by atoms with Gasteiger partial charge in [-0.1, -0.05) is 0 Å². The third-order valence-electron chi connectivity index (χ3n) is 2.19. The van der Waals surface area contributed by atoms with E-state index < -0.39 is 6.10 Å². The Kier molecular flexibility index (Phi) is 2.31. The van der Waals surface area contributed by atoms with Crippen molar-refractivity contribution in [2.24, 2.45) is 11.8 Å². The van der Waals surface area contributed by atoms with Crippen molar-refractivity contribution in [2.75, 3.05) is 6.61 Å². The Bertz CT molecular complexity index is 148. The number of hydrogen-bond donors (Lipinski definition) is 2. The molecule has 56 valence electrons. The topological polar surface area (TPSA) is 40.5 Å². The average molecular weight is 140 g/mol. The molecule has 3 unspecified atom stereocenters. The molecule has 0 saturated heterocycles. The van der Waals surface area contributed by atoms with E-state index in [0.717, 1.165) is 12.8 Å². The molecule has 0 heterocycles. The van der Waals surface area contributed by atoms with Crippen molar-refractivity contribution in [3.05, 3.63) is 0 Å². The van der Waals surface area contributed by atoms with Crippen molar-refractivity contribution in [1.29, 1.82) is 0 Å². The number of aliphatic hydroxyl groups excluding tert-OH is 2. The van der Waals surface area contributed by atoms with Crippen LogP contribution >= 0.6 is 0 Å². The summed E-state index contributed by atoms with van der Waals surface area (Å²) < 4.78 is 0. The first-order valence-electron chi connectivity index (χ1n) is 3.54. The van der Waals surface area contributed by atoms with Gasteiger partial charge in [-0.2, -0.15) is 0 Å². The van der Waals surface area contributed by atoms with Gasteiger partial charge in [0, 0.05) is 18.4 Å². The van der Waals surface area contributed by atoms with Crippen molar-refractivity contribution in [3.63, 3.8) is 0 Å². The van der Waals surface area contributed by atoms with Crippen molar-refractivity contribution < 1.29 is 10.2 Å². The summed E-state index contributed by atoms with van der Waals surface area (Å²) in [7, 11) is 0. The first-order valence-corrected chi connectivity index (χ1v) is 3.54. The van der Waals surface area contributed by atoms with Crippen LogP contribution in [-0.2, 0) is 0 Å². The van der Waals surface area contributed by atoms with Crippen molar-refractivity contribution in [3.8, 4) is 12.3 Å². The Morgan fingerprint density at radius 1 is 1.50 bits per heavy atom. The summed E-state index contributed by atoms with van der Waals surface area (Å²) >= 11 is 0. The Labute approximate surface area is 60.9 Å². The molecule has 0 aromatic carbocycles. The molecule has 1 rings (SSSR count). The maximum Gasteiger partial charge on any atom is 0.0727 e. The zero-order valence-electron chi connectivity index (χ0n) is 5.83. The van der Waals surface area contributed by atoms with E-state index in [2.05, 4.69) is 5.92 Å². The van der Waals surface area contributed by atoms with Gasteiger partial charge in [0.2, 0.25) is 0 Å². The van der Waals surface area contributed by atoms with Gasteiger partial charge in [0.1, 0.15) is 0 Å². The standard InChI is InChI=1S/C8H12O2/c1-2-6-3-4-7(5-9)8(6)10/h1,6-10H,3-5H2. The molecule has 0 aromatic heterocycles. The monoisotopic (exact) mass is 140 g/mol. The zero-order valence-corrected chi connectivity index (χ0v) is 5.83. The molecule has 0 aliphatic heterocycles. The number of rotatable bonds is 1. The fourth-order valence-corrected chi connectivity index (χ4v) is 1.44. The normalized spacial score (nSPS) is 39.5. The van der Waals surface area contributed by atoms with E-state index in [1.807, 2.05) is 0 Å². The molecule has 10 heavy (non-hydrogen) atoms. The maximum absolute atomic E-state index is 9.35. The third kappa shape index (κ3) is 1.16. The zero-order chi connectivity index (χ0) is 7.56. The molecular formula is C8H12O2. The van der Waals surface area contributed by atoms with Crippen LogP contribution in [0.4, 0.5) is 0 Å². The molecule has 1 saturated carbocycles. The molecule has 0 radical (unpaired) electrons. The predicted molar refractivity (Wildman–Crippen MR) is 38.1 cm³/mol. The average Bonchev–Trinajstić information content (AvgIpc) is 2.30. The van der Waals surface area contributed by atoms with Crippen molar-refractivity contribution in [2.45, 2.75) is 18.9 Å². The van der Waals surface area contributed by atoms with Crippen molar-refractivity contribution >= 4 is 0 Å². The predicted octanol–water partition coefficient (Wildman–Crippen LogP) is -0.00100. The highest BCUT2D eigenvalue weighted by atomic mass is 16.3. The van der Waals surface area contributed by atoms with Crippen LogP contribution in [-0.4, -0.2) is 22.9 Å². The molecule has 1 fully saturated rings. The summed E-state index contributed by atoms with van der Waals surface area (Å²) in [4.78, 5) is 0. The van der Waals surface area contributed by atoms with Crippen molar-refractivity contribution in [1.82, 2.24) is 0 Å². The van der Waals surface area contributed by atoms with Crippen LogP contribution in [0.3, 0.4) is 0 Å². The van der Waals surface area contributed by atoms with E-state index in [0.29, 0.717) is 0 Å². The minimum atomic E-state index is -0.477. The van der Waals surface area contributed by atoms with E-state index in [9.17, 15) is 5.11 Å². The molecule has 3 atom stereocenters. The molecule has 2 heteroatoms. The molecule has 0 spiro atoms. The van der Waals surface area contributed by atoms with Crippen LogP contribution < -0.4 is 0 Å². The van der Waals surface area contributed by atoms with E-state index in [1.165, 1.54) is 0 Å². The lowest BCUT2D eigenvalue weighted by Crippen LogP contribution is -2.22. The van der Waals surface area contributed by atoms with Gasteiger partial charge in [0.15, 0.2) is 0 Å². The number of hydrogen-bond acceptors (Lipinski definition) is 2. The van der Waals surface area contributed by atoms with Gasteiger partial charge in [-0.25, -0.2) is 0 Å². The highest BCUT2D eigenvalue weighted by Crippen LogP contribution is 2.30. The molecule has 0 amide bonds. The van der Waals surface area contributed by atoms with Gasteiger partial charge in [0.25, 0.3) is 0 Å². The fourth-order valence-electron chi connectivity index (χ4n) is 1.44. The van der Waals surface area contributed by atoms with Crippen LogP contribution in [0.25, 0.3) is 0 Å². The first kappa shape index (κ1) is 7.59. The molecular weight excluding hydrogens is 128 g/mol. The Hall–Kier alpha value is -0.520. The van der Waals surface area contributed by atoms with E-state index in [4.69, 9.17) is 11.5 Å². The Balaban J connectivity index is 2.51. The van der Waals surface area contributed by atoms with Crippen LogP contribution in [0.1, 0.15) is 12.8 Å². The summed E-state index contributed by atoms with van der Waals surface area (Å²) in [5, 5.41) is 18.1. The highest BCUT2D eigenvalue weighted by molar-refractivity contribution is 5.02. The lowest BCUT2D eigenvalue weighted by atomic mass is 10.0. The lowest BCUT2D eigenvalue weighted by Gasteiger charge is -2.12. The minimum Gasteiger partial charge on any atom is -0.396 e. The van der Waals surface area contributed by atoms with E-state index >= 15 is 0 Å². The summed E-state index contributed by atoms with van der Waals surface area (Å²) in [6.45, 7) is 0.0549. The quantitative estimate of drug-likeness (QED) is 0.503. The number of terminal acetylenes is 1. The van der Waals surface area contributed by atoms with E-state index in [-0.39, 0.29) is 18.4 Å². The highest BCUT2D eigenvalue weighted by Gasteiger charge is 2.32. The van der Waals surface area contributed by atoms with Gasteiger partial charge in [-0.3, -0.25) is 0 Å². The van der Waals surface area contributed by atoms with Gasteiger partial charge in [-0.05, 0) is 12.8 Å². The van der Waals surface area contributed by atoms with Crippen LogP contribution in [0.2, 0.25) is 0 Å².